The summed E-state index contributed by atoms with van der Waals surface area (Å²) < 4.78 is 5.50. The van der Waals surface area contributed by atoms with Gasteiger partial charge in [0, 0.05) is 59.1 Å². The van der Waals surface area contributed by atoms with Gasteiger partial charge in [-0.25, -0.2) is 4.79 Å². The van der Waals surface area contributed by atoms with E-state index in [1.807, 2.05) is 6.92 Å². The van der Waals surface area contributed by atoms with Crippen molar-refractivity contribution in [2.75, 3.05) is 20.6 Å². The van der Waals surface area contributed by atoms with E-state index in [2.05, 4.69) is 112 Å². The summed E-state index contributed by atoms with van der Waals surface area (Å²) in [5, 5.41) is 0. The molecular weight excluding hydrogens is 522 g/mol. The number of nitrogens with zero attached hydrogens (tertiary/aromatic N) is 3. The quantitative estimate of drug-likeness (QED) is 0.145. The largest absolute Gasteiger partial charge is 0.459 e. The molecular formula is C36H69N3O3. The zero-order chi connectivity index (χ0) is 32.7. The van der Waals surface area contributed by atoms with E-state index in [0.717, 1.165) is 45.1 Å². The van der Waals surface area contributed by atoms with Crippen molar-refractivity contribution in [3.8, 4) is 0 Å². The number of amides is 1. The molecule has 0 aliphatic carbocycles. The molecule has 2 aliphatic heterocycles. The van der Waals surface area contributed by atoms with Crippen LogP contribution in [0.25, 0.3) is 0 Å². The minimum atomic E-state index is -0.262. The maximum atomic E-state index is 13.4. The van der Waals surface area contributed by atoms with Gasteiger partial charge in [0.15, 0.2) is 0 Å². The number of hydrogen-bond donors (Lipinski definition) is 0. The Labute approximate surface area is 261 Å². The molecule has 2 aliphatic rings. The summed E-state index contributed by atoms with van der Waals surface area (Å²) in [7, 11) is 4.38. The summed E-state index contributed by atoms with van der Waals surface area (Å²) in [5.41, 5.74) is 0.0864. The summed E-state index contributed by atoms with van der Waals surface area (Å²) in [5.74, 6) is 0.126. The fourth-order valence-corrected chi connectivity index (χ4v) is 6.94. The fraction of sp³-hybridized carbons (Fsp3) is 0.889. The number of allylic oxidation sites excluding steroid dienone is 1. The molecule has 0 unspecified atom stereocenters. The minimum Gasteiger partial charge on any atom is -0.459 e. The number of carbonyl (C=O) groups excluding carboxylic acids is 2. The highest BCUT2D eigenvalue weighted by Gasteiger charge is 2.47. The van der Waals surface area contributed by atoms with Crippen molar-refractivity contribution < 1.29 is 14.3 Å². The number of unbranched alkanes of at least 4 members (excludes halogenated alkanes) is 3. The van der Waals surface area contributed by atoms with Crippen molar-refractivity contribution in [1.82, 2.24) is 14.7 Å². The Morgan fingerprint density at radius 3 is 1.67 bits per heavy atom. The second-order valence-electron chi connectivity index (χ2n) is 16.2. The highest BCUT2D eigenvalue weighted by molar-refractivity contribution is 5.82. The molecule has 0 radical (unpaired) electrons. The van der Waals surface area contributed by atoms with Gasteiger partial charge in [0.2, 0.25) is 5.91 Å². The standard InChI is InChI=1S/C22H44N2O.C14H25NO2/c1-10-12-13-14-15-24(19(25)20(3,4)11-2)18-16-21(5,6)23(9)22(7,8)17-18;1-7-8-12(16)17-11-9-13(2,3)15(6)14(4,5)10-11/h18H,10-17H2,1-9H3;7-8,11H,9-10H2,1-6H3. The van der Waals surface area contributed by atoms with Gasteiger partial charge in [-0.05, 0) is 102 Å². The molecule has 0 aromatic heterocycles. The second-order valence-corrected chi connectivity index (χ2v) is 16.2. The van der Waals surface area contributed by atoms with Gasteiger partial charge in [0.25, 0.3) is 0 Å². The molecule has 0 bridgehead atoms. The van der Waals surface area contributed by atoms with E-state index in [9.17, 15) is 9.59 Å². The Hall–Kier alpha value is -1.40. The molecule has 2 heterocycles. The molecule has 246 valence electrons. The van der Waals surface area contributed by atoms with Crippen LogP contribution >= 0.6 is 0 Å². The molecule has 1 amide bonds. The van der Waals surface area contributed by atoms with Gasteiger partial charge in [0.05, 0.1) is 0 Å². The van der Waals surface area contributed by atoms with Crippen molar-refractivity contribution in [2.45, 2.75) is 182 Å². The van der Waals surface area contributed by atoms with E-state index in [1.54, 1.807) is 6.08 Å². The lowest BCUT2D eigenvalue weighted by atomic mass is 9.76. The fourth-order valence-electron chi connectivity index (χ4n) is 6.94. The first kappa shape index (κ1) is 38.6. The Bertz CT molecular complexity index is 867. The van der Waals surface area contributed by atoms with Crippen LogP contribution in [0.15, 0.2) is 12.2 Å². The van der Waals surface area contributed by atoms with E-state index >= 15 is 0 Å². The zero-order valence-electron chi connectivity index (χ0n) is 30.4. The monoisotopic (exact) mass is 592 g/mol. The summed E-state index contributed by atoms with van der Waals surface area (Å²) in [6.07, 6.45) is 12.9. The Balaban J connectivity index is 0.000000452. The predicted molar refractivity (Wildman–Crippen MR) is 179 cm³/mol. The van der Waals surface area contributed by atoms with Crippen LogP contribution in [0.1, 0.15) is 148 Å². The summed E-state index contributed by atoms with van der Waals surface area (Å²) in [6.45, 7) is 29.4. The lowest BCUT2D eigenvalue weighted by Gasteiger charge is -2.56. The number of piperidine rings is 2. The number of rotatable bonds is 10. The Morgan fingerprint density at radius 1 is 0.810 bits per heavy atom. The van der Waals surface area contributed by atoms with E-state index < -0.39 is 0 Å². The number of esters is 1. The van der Waals surface area contributed by atoms with Gasteiger partial charge in [-0.1, -0.05) is 53.0 Å². The molecule has 0 N–H and O–H groups in total. The minimum absolute atomic E-state index is 0.0138. The summed E-state index contributed by atoms with van der Waals surface area (Å²) in [6, 6.07) is 0.348. The predicted octanol–water partition coefficient (Wildman–Crippen LogP) is 8.24. The van der Waals surface area contributed by atoms with Crippen LogP contribution in [0.2, 0.25) is 0 Å². The lowest BCUT2D eigenvalue weighted by Crippen LogP contribution is -2.64. The molecule has 6 nitrogen and oxygen atoms in total. The summed E-state index contributed by atoms with van der Waals surface area (Å²) >= 11 is 0. The molecule has 42 heavy (non-hydrogen) atoms. The third-order valence-electron chi connectivity index (χ3n) is 10.6. The first-order chi connectivity index (χ1) is 19.1. The average Bonchev–Trinajstić information content (AvgIpc) is 2.85. The third-order valence-corrected chi connectivity index (χ3v) is 10.6. The third kappa shape index (κ3) is 10.4. The zero-order valence-corrected chi connectivity index (χ0v) is 30.4. The van der Waals surface area contributed by atoms with Crippen LogP contribution in [0, 0.1) is 5.41 Å². The first-order valence-corrected chi connectivity index (χ1v) is 16.7. The molecule has 6 heteroatoms. The normalized spacial score (nSPS) is 22.8. The molecule has 0 aromatic rings. The van der Waals surface area contributed by atoms with Gasteiger partial charge in [-0.2, -0.15) is 0 Å². The van der Waals surface area contributed by atoms with Crippen LogP contribution in [0.3, 0.4) is 0 Å². The van der Waals surface area contributed by atoms with E-state index in [-0.39, 0.29) is 39.6 Å². The van der Waals surface area contributed by atoms with Gasteiger partial charge in [-0.3, -0.25) is 14.6 Å². The topological polar surface area (TPSA) is 53.1 Å². The number of likely N-dealkylation sites (tertiary alicyclic amines) is 2. The molecule has 0 spiro atoms. The molecule has 0 saturated carbocycles. The van der Waals surface area contributed by atoms with Gasteiger partial charge < -0.3 is 9.64 Å². The molecule has 2 rings (SSSR count). The van der Waals surface area contributed by atoms with Gasteiger partial charge >= 0.3 is 5.97 Å². The highest BCUT2D eigenvalue weighted by atomic mass is 16.5. The molecule has 2 fully saturated rings. The number of hydrogen-bond acceptors (Lipinski definition) is 5. The van der Waals surface area contributed by atoms with Gasteiger partial charge in [0.1, 0.15) is 6.10 Å². The maximum Gasteiger partial charge on any atom is 0.330 e. The lowest BCUT2D eigenvalue weighted by molar-refractivity contribution is -0.153. The smallest absolute Gasteiger partial charge is 0.330 e. The van der Waals surface area contributed by atoms with E-state index in [4.69, 9.17) is 4.74 Å². The first-order valence-electron chi connectivity index (χ1n) is 16.7. The number of ether oxygens (including phenoxy) is 1. The average molecular weight is 592 g/mol. The van der Waals surface area contributed by atoms with Crippen LogP contribution < -0.4 is 0 Å². The second kappa shape index (κ2) is 15.1. The van der Waals surface area contributed by atoms with Crippen LogP contribution in [-0.2, 0) is 14.3 Å². The van der Waals surface area contributed by atoms with Crippen LogP contribution in [0.4, 0.5) is 0 Å². The van der Waals surface area contributed by atoms with Gasteiger partial charge in [-0.15, -0.1) is 0 Å². The van der Waals surface area contributed by atoms with Crippen molar-refractivity contribution >= 4 is 11.9 Å². The highest BCUT2D eigenvalue weighted by Crippen LogP contribution is 2.41. The molecule has 0 aromatic carbocycles. The Kier molecular flexibility index (Phi) is 13.8. The number of carbonyl (C=O) groups is 2. The van der Waals surface area contributed by atoms with Crippen molar-refractivity contribution in [1.29, 1.82) is 0 Å². The molecule has 0 atom stereocenters. The van der Waals surface area contributed by atoms with Crippen LogP contribution in [0.5, 0.6) is 0 Å². The molecule has 2 saturated heterocycles. The Morgan fingerprint density at radius 2 is 1.26 bits per heavy atom. The van der Waals surface area contributed by atoms with Crippen molar-refractivity contribution in [2.24, 2.45) is 5.41 Å². The summed E-state index contributed by atoms with van der Waals surface area (Å²) in [4.78, 5) is 32.0. The SMILES string of the molecule is CC=CC(=O)OC1CC(C)(C)N(C)C(C)(C)C1.CCCCCCN(C(=O)C(C)(C)CC)C1CC(C)(C)N(C)C(C)(C)C1. The van der Waals surface area contributed by atoms with E-state index in [1.165, 1.54) is 25.3 Å². The van der Waals surface area contributed by atoms with Crippen LogP contribution in [-0.4, -0.2) is 81.5 Å². The van der Waals surface area contributed by atoms with Crippen molar-refractivity contribution in [3.63, 3.8) is 0 Å². The maximum absolute atomic E-state index is 13.4. The van der Waals surface area contributed by atoms with E-state index in [0.29, 0.717) is 11.9 Å². The van der Waals surface area contributed by atoms with Crippen molar-refractivity contribution in [3.05, 3.63) is 12.2 Å².